The molecule has 22 heavy (non-hydrogen) atoms. The maximum absolute atomic E-state index is 12.2. The van der Waals surface area contributed by atoms with Crippen molar-refractivity contribution in [2.75, 3.05) is 11.6 Å². The molecule has 0 aliphatic heterocycles. The van der Waals surface area contributed by atoms with Crippen molar-refractivity contribution in [3.63, 3.8) is 0 Å². The highest BCUT2D eigenvalue weighted by Crippen LogP contribution is 2.19. The first-order valence-electron chi connectivity index (χ1n) is 6.69. The van der Waals surface area contributed by atoms with Gasteiger partial charge in [0.1, 0.15) is 6.54 Å². The summed E-state index contributed by atoms with van der Waals surface area (Å²) in [5.74, 6) is -0.805. The van der Waals surface area contributed by atoms with E-state index in [-0.39, 0.29) is 12.5 Å². The van der Waals surface area contributed by atoms with E-state index < -0.39 is 5.76 Å². The van der Waals surface area contributed by atoms with Crippen LogP contribution in [-0.2, 0) is 11.3 Å². The molecule has 6 heteroatoms. The lowest BCUT2D eigenvalue weighted by atomic mass is 10.3. The highest BCUT2D eigenvalue weighted by atomic mass is 32.2. The Kier molecular flexibility index (Phi) is 4.02. The molecule has 5 nitrogen and oxygen atoms in total. The average Bonchev–Trinajstić information content (AvgIpc) is 2.83. The van der Waals surface area contributed by atoms with Crippen LogP contribution in [0.5, 0.6) is 0 Å². The minimum atomic E-state index is -0.533. The summed E-state index contributed by atoms with van der Waals surface area (Å²) in [6.07, 6.45) is 1.97. The molecule has 0 saturated carbocycles. The first kappa shape index (κ1) is 14.5. The molecule has 1 aromatic heterocycles. The summed E-state index contributed by atoms with van der Waals surface area (Å²) in [4.78, 5) is 25.1. The van der Waals surface area contributed by atoms with Crippen LogP contribution in [-0.4, -0.2) is 16.7 Å². The molecule has 1 N–H and O–H groups in total. The first-order chi connectivity index (χ1) is 10.7. The number of fused-ring (bicyclic) bond motifs is 1. The van der Waals surface area contributed by atoms with E-state index in [9.17, 15) is 9.59 Å². The van der Waals surface area contributed by atoms with E-state index in [0.29, 0.717) is 16.8 Å². The van der Waals surface area contributed by atoms with Gasteiger partial charge in [-0.15, -0.1) is 11.8 Å². The van der Waals surface area contributed by atoms with Gasteiger partial charge < -0.3 is 9.73 Å². The third-order valence-corrected chi connectivity index (χ3v) is 3.95. The zero-order chi connectivity index (χ0) is 15.5. The number of carbonyl (C=O) groups excluding carboxylic acids is 1. The van der Waals surface area contributed by atoms with E-state index in [0.717, 1.165) is 4.90 Å². The van der Waals surface area contributed by atoms with Crippen LogP contribution < -0.4 is 11.1 Å². The smallest absolute Gasteiger partial charge is 0.408 e. The summed E-state index contributed by atoms with van der Waals surface area (Å²) >= 11 is 1.60. The van der Waals surface area contributed by atoms with Crippen LogP contribution in [0.25, 0.3) is 11.1 Å². The molecule has 2 aromatic carbocycles. The molecule has 0 aliphatic rings. The van der Waals surface area contributed by atoms with Crippen molar-refractivity contribution in [3.05, 3.63) is 59.1 Å². The molecular formula is C16H14N2O3S. The molecule has 0 saturated heterocycles. The van der Waals surface area contributed by atoms with Crippen molar-refractivity contribution in [1.29, 1.82) is 0 Å². The fourth-order valence-electron chi connectivity index (χ4n) is 2.21. The Balaban J connectivity index is 1.81. The predicted molar refractivity (Wildman–Crippen MR) is 87.3 cm³/mol. The van der Waals surface area contributed by atoms with Gasteiger partial charge >= 0.3 is 5.76 Å². The molecule has 0 radical (unpaired) electrons. The predicted octanol–water partition coefficient (Wildman–Crippen LogP) is 2.96. The number of oxazole rings is 1. The van der Waals surface area contributed by atoms with Gasteiger partial charge in [-0.1, -0.05) is 18.2 Å². The summed E-state index contributed by atoms with van der Waals surface area (Å²) < 4.78 is 6.43. The second-order valence-electron chi connectivity index (χ2n) is 4.70. The molecule has 112 valence electrons. The molecule has 3 aromatic rings. The quantitative estimate of drug-likeness (QED) is 0.752. The molecule has 1 amide bonds. The van der Waals surface area contributed by atoms with Crippen LogP contribution in [0.4, 0.5) is 5.69 Å². The second-order valence-corrected chi connectivity index (χ2v) is 5.58. The Morgan fingerprint density at radius 3 is 2.86 bits per heavy atom. The number of para-hydroxylation sites is 2. The highest BCUT2D eigenvalue weighted by Gasteiger charge is 2.12. The Bertz CT molecular complexity index is 882. The molecule has 0 atom stereocenters. The third kappa shape index (κ3) is 2.92. The Morgan fingerprint density at radius 1 is 1.23 bits per heavy atom. The van der Waals surface area contributed by atoms with Crippen molar-refractivity contribution in [2.24, 2.45) is 0 Å². The molecule has 3 rings (SSSR count). The number of benzene rings is 2. The lowest BCUT2D eigenvalue weighted by molar-refractivity contribution is -0.116. The number of amides is 1. The van der Waals surface area contributed by atoms with Crippen molar-refractivity contribution < 1.29 is 9.21 Å². The fourth-order valence-corrected chi connectivity index (χ4v) is 2.67. The lowest BCUT2D eigenvalue weighted by Crippen LogP contribution is -2.24. The Hall–Kier alpha value is -2.47. The summed E-state index contributed by atoms with van der Waals surface area (Å²) in [6, 6.07) is 14.6. The number of thioether (sulfide) groups is 1. The van der Waals surface area contributed by atoms with Crippen LogP contribution in [0.1, 0.15) is 0 Å². The zero-order valence-corrected chi connectivity index (χ0v) is 12.7. The second kappa shape index (κ2) is 6.11. The Morgan fingerprint density at radius 2 is 2.05 bits per heavy atom. The largest absolute Gasteiger partial charge is 0.420 e. The minimum absolute atomic E-state index is 0.0840. The van der Waals surface area contributed by atoms with Crippen LogP contribution in [0.3, 0.4) is 0 Å². The van der Waals surface area contributed by atoms with Gasteiger partial charge in [-0.25, -0.2) is 4.79 Å². The number of anilines is 1. The van der Waals surface area contributed by atoms with Gasteiger partial charge in [-0.3, -0.25) is 9.36 Å². The van der Waals surface area contributed by atoms with Crippen molar-refractivity contribution in [2.45, 2.75) is 11.4 Å². The fraction of sp³-hybridized carbons (Fsp3) is 0.125. The van der Waals surface area contributed by atoms with Crippen LogP contribution in [0.2, 0.25) is 0 Å². The molecular weight excluding hydrogens is 300 g/mol. The van der Waals surface area contributed by atoms with Gasteiger partial charge in [0.25, 0.3) is 0 Å². The van der Waals surface area contributed by atoms with E-state index in [1.54, 1.807) is 36.0 Å². The summed E-state index contributed by atoms with van der Waals surface area (Å²) in [5, 5.41) is 2.79. The van der Waals surface area contributed by atoms with Crippen molar-refractivity contribution in [3.8, 4) is 0 Å². The minimum Gasteiger partial charge on any atom is -0.408 e. The zero-order valence-electron chi connectivity index (χ0n) is 11.9. The number of hydrogen-bond acceptors (Lipinski definition) is 4. The first-order valence-corrected chi connectivity index (χ1v) is 7.92. The number of nitrogens with zero attached hydrogens (tertiary/aromatic N) is 1. The monoisotopic (exact) mass is 314 g/mol. The van der Waals surface area contributed by atoms with Gasteiger partial charge in [0.2, 0.25) is 5.91 Å². The topological polar surface area (TPSA) is 64.2 Å². The summed E-state index contributed by atoms with van der Waals surface area (Å²) in [7, 11) is 0. The maximum atomic E-state index is 12.2. The van der Waals surface area contributed by atoms with Crippen molar-refractivity contribution >= 4 is 34.5 Å². The third-order valence-electron chi connectivity index (χ3n) is 3.23. The average molecular weight is 314 g/mol. The highest BCUT2D eigenvalue weighted by molar-refractivity contribution is 7.98. The van der Waals surface area contributed by atoms with E-state index in [4.69, 9.17) is 4.42 Å². The van der Waals surface area contributed by atoms with Gasteiger partial charge in [0.05, 0.1) is 5.52 Å². The van der Waals surface area contributed by atoms with E-state index in [1.165, 1.54) is 4.57 Å². The van der Waals surface area contributed by atoms with Crippen LogP contribution in [0.15, 0.2) is 62.6 Å². The number of nitrogens with one attached hydrogen (secondary N) is 1. The number of aromatic nitrogens is 1. The van der Waals surface area contributed by atoms with Gasteiger partial charge in [0.15, 0.2) is 5.58 Å². The normalized spacial score (nSPS) is 10.8. The molecule has 0 aliphatic carbocycles. The van der Waals surface area contributed by atoms with Crippen LogP contribution in [0, 0.1) is 0 Å². The van der Waals surface area contributed by atoms with E-state index in [1.807, 2.05) is 30.5 Å². The molecule has 0 unspecified atom stereocenters. The van der Waals surface area contributed by atoms with E-state index >= 15 is 0 Å². The molecule has 0 spiro atoms. The Labute approximate surface area is 130 Å². The maximum Gasteiger partial charge on any atom is 0.420 e. The number of hydrogen-bond donors (Lipinski definition) is 1. The lowest BCUT2D eigenvalue weighted by Gasteiger charge is -2.07. The SMILES string of the molecule is CSc1cccc(NC(=O)Cn2c(=O)oc3ccccc32)c1. The number of rotatable bonds is 4. The standard InChI is InChI=1S/C16H14N2O3S/c1-22-12-6-4-5-11(9-12)17-15(19)10-18-13-7-2-3-8-14(13)21-16(18)20/h2-9H,10H2,1H3,(H,17,19). The van der Waals surface area contributed by atoms with Crippen molar-refractivity contribution in [1.82, 2.24) is 4.57 Å². The molecule has 1 heterocycles. The van der Waals surface area contributed by atoms with Gasteiger partial charge in [0, 0.05) is 10.6 Å². The number of carbonyl (C=O) groups is 1. The van der Waals surface area contributed by atoms with Crippen LogP contribution >= 0.6 is 11.8 Å². The summed E-state index contributed by atoms with van der Waals surface area (Å²) in [5.41, 5.74) is 1.79. The van der Waals surface area contributed by atoms with E-state index in [2.05, 4.69) is 5.32 Å². The molecule has 0 fully saturated rings. The molecule has 0 bridgehead atoms. The van der Waals surface area contributed by atoms with Gasteiger partial charge in [-0.05, 0) is 36.6 Å². The van der Waals surface area contributed by atoms with Gasteiger partial charge in [-0.2, -0.15) is 0 Å². The summed E-state index contributed by atoms with van der Waals surface area (Å²) in [6.45, 7) is -0.0840.